The normalized spacial score (nSPS) is 10.6. The minimum atomic E-state index is -0.478. The Hall–Kier alpha value is -1.01. The zero-order chi connectivity index (χ0) is 16.7. The monoisotopic (exact) mass is 389 g/mol. The molecular weight excluding hydrogens is 369 g/mol. The number of ether oxygens (including phenoxy) is 1. The second-order valence-electron chi connectivity index (χ2n) is 5.48. The largest absolute Gasteiger partial charge is 0.486 e. The van der Waals surface area contributed by atoms with Crippen LogP contribution in [0.4, 0.5) is 10.1 Å². The van der Waals surface area contributed by atoms with E-state index in [4.69, 9.17) is 17.0 Å². The number of halogens is 2. The summed E-state index contributed by atoms with van der Waals surface area (Å²) in [6.45, 7) is 6.53. The van der Waals surface area contributed by atoms with E-state index in [0.29, 0.717) is 41.3 Å². The molecule has 0 saturated heterocycles. The summed E-state index contributed by atoms with van der Waals surface area (Å²) in [7, 11) is 0. The molecule has 1 N–H and O–H groups in total. The van der Waals surface area contributed by atoms with Crippen molar-refractivity contribution < 1.29 is 13.9 Å². The van der Waals surface area contributed by atoms with Crippen LogP contribution in [0.5, 0.6) is 0 Å². The van der Waals surface area contributed by atoms with E-state index >= 15 is 0 Å². The Labute approximate surface area is 144 Å². The third kappa shape index (κ3) is 6.40. The lowest BCUT2D eigenvalue weighted by molar-refractivity contribution is -0.116. The van der Waals surface area contributed by atoms with Crippen molar-refractivity contribution in [3.63, 3.8) is 0 Å². The van der Waals surface area contributed by atoms with Crippen molar-refractivity contribution in [2.45, 2.75) is 40.0 Å². The fourth-order valence-corrected chi connectivity index (χ4v) is 2.41. The van der Waals surface area contributed by atoms with Crippen molar-refractivity contribution in [2.75, 3.05) is 11.9 Å². The van der Waals surface area contributed by atoms with Crippen LogP contribution in [0.2, 0.25) is 0 Å². The molecule has 1 amide bonds. The summed E-state index contributed by atoms with van der Waals surface area (Å²) in [5.74, 6) is -0.291. The maximum Gasteiger partial charge on any atom is 0.224 e. The molecule has 0 aliphatic rings. The molecule has 0 aliphatic carbocycles. The van der Waals surface area contributed by atoms with Crippen molar-refractivity contribution in [3.05, 3.63) is 28.0 Å². The molecule has 0 aliphatic heterocycles. The van der Waals surface area contributed by atoms with Crippen LogP contribution in [-0.4, -0.2) is 17.6 Å². The summed E-state index contributed by atoms with van der Waals surface area (Å²) < 4.78 is 20.0. The predicted molar refractivity (Wildman–Crippen MR) is 94.7 cm³/mol. The van der Waals surface area contributed by atoms with E-state index in [1.165, 1.54) is 6.07 Å². The topological polar surface area (TPSA) is 38.3 Å². The van der Waals surface area contributed by atoms with Crippen LogP contribution in [0.1, 0.15) is 39.2 Å². The fraction of sp³-hybridized carbons (Fsp3) is 0.500. The number of nitrogens with one attached hydrogen (secondary N) is 1. The molecule has 0 aromatic heterocycles. The highest BCUT2D eigenvalue weighted by molar-refractivity contribution is 9.10. The molecule has 1 rings (SSSR count). The number of amides is 1. The number of carbonyl (C=O) groups excluding carboxylic acids is 1. The predicted octanol–water partition coefficient (Wildman–Crippen LogP) is 4.87. The van der Waals surface area contributed by atoms with Gasteiger partial charge < -0.3 is 10.1 Å². The first-order valence-corrected chi connectivity index (χ1v) is 8.47. The third-order valence-electron chi connectivity index (χ3n) is 2.80. The van der Waals surface area contributed by atoms with E-state index in [2.05, 4.69) is 21.2 Å². The molecule has 0 heterocycles. The van der Waals surface area contributed by atoms with Crippen LogP contribution >= 0.6 is 28.1 Å². The maximum absolute atomic E-state index is 13.9. The van der Waals surface area contributed by atoms with Crippen LogP contribution in [0.25, 0.3) is 0 Å². The van der Waals surface area contributed by atoms with Crippen LogP contribution in [0.15, 0.2) is 16.6 Å². The summed E-state index contributed by atoms with van der Waals surface area (Å²) >= 11 is 8.51. The molecule has 1 aromatic carbocycles. The summed E-state index contributed by atoms with van der Waals surface area (Å²) in [4.78, 5) is 11.6. The highest BCUT2D eigenvalue weighted by Gasteiger charge is 2.13. The summed E-state index contributed by atoms with van der Waals surface area (Å²) in [6, 6.07) is 2.93. The van der Waals surface area contributed by atoms with Crippen molar-refractivity contribution in [1.82, 2.24) is 0 Å². The zero-order valence-electron chi connectivity index (χ0n) is 13.0. The number of thiocarbonyl (C=S) groups is 1. The Kier molecular flexibility index (Phi) is 7.96. The van der Waals surface area contributed by atoms with Gasteiger partial charge in [0.2, 0.25) is 5.91 Å². The van der Waals surface area contributed by atoms with Crippen molar-refractivity contribution in [3.8, 4) is 0 Å². The first kappa shape index (κ1) is 19.0. The van der Waals surface area contributed by atoms with E-state index < -0.39 is 5.82 Å². The minimum absolute atomic E-state index is 0.170. The van der Waals surface area contributed by atoms with E-state index in [1.54, 1.807) is 6.07 Å². The fourth-order valence-electron chi connectivity index (χ4n) is 1.73. The molecule has 0 unspecified atom stereocenters. The van der Waals surface area contributed by atoms with Gasteiger partial charge >= 0.3 is 0 Å². The lowest BCUT2D eigenvalue weighted by Gasteiger charge is -2.13. The Balaban J connectivity index is 2.82. The molecular formula is C16H21BrFNO2S. The van der Waals surface area contributed by atoms with Crippen molar-refractivity contribution >= 4 is 44.8 Å². The molecule has 0 spiro atoms. The van der Waals surface area contributed by atoms with Gasteiger partial charge in [-0.25, -0.2) is 4.39 Å². The highest BCUT2D eigenvalue weighted by atomic mass is 79.9. The van der Waals surface area contributed by atoms with Crippen LogP contribution < -0.4 is 5.32 Å². The summed E-state index contributed by atoms with van der Waals surface area (Å²) in [5.41, 5.74) is 0.949. The van der Waals surface area contributed by atoms with Crippen LogP contribution in [0.3, 0.4) is 0 Å². The smallest absolute Gasteiger partial charge is 0.224 e. The summed E-state index contributed by atoms with van der Waals surface area (Å²) in [6.07, 6.45) is 1.46. The minimum Gasteiger partial charge on any atom is -0.486 e. The lowest BCUT2D eigenvalue weighted by Crippen LogP contribution is -2.14. The number of carbonyl (C=O) groups is 1. The van der Waals surface area contributed by atoms with E-state index in [-0.39, 0.29) is 11.6 Å². The zero-order valence-corrected chi connectivity index (χ0v) is 15.4. The number of hydrogen-bond acceptors (Lipinski definition) is 3. The average Bonchev–Trinajstić information content (AvgIpc) is 2.42. The van der Waals surface area contributed by atoms with Crippen LogP contribution in [0, 0.1) is 11.7 Å². The first-order chi connectivity index (χ1) is 10.3. The van der Waals surface area contributed by atoms with Gasteiger partial charge in [0.25, 0.3) is 0 Å². The second kappa shape index (κ2) is 9.20. The third-order valence-corrected chi connectivity index (χ3v) is 3.80. The number of hydrogen-bond donors (Lipinski definition) is 1. The Morgan fingerprint density at radius 1 is 1.45 bits per heavy atom. The summed E-state index contributed by atoms with van der Waals surface area (Å²) in [5, 5.41) is 3.03. The first-order valence-electron chi connectivity index (χ1n) is 7.26. The van der Waals surface area contributed by atoms with Crippen molar-refractivity contribution in [2.24, 2.45) is 5.92 Å². The maximum atomic E-state index is 13.9. The van der Waals surface area contributed by atoms with Gasteiger partial charge in [-0.1, -0.05) is 36.7 Å². The number of anilines is 1. The van der Waals surface area contributed by atoms with E-state index in [1.807, 2.05) is 20.8 Å². The van der Waals surface area contributed by atoms with E-state index in [9.17, 15) is 9.18 Å². The Morgan fingerprint density at radius 3 is 2.73 bits per heavy atom. The standard InChI is InChI=1S/C16H21BrFNO2S/c1-4-5-15(20)19-14-6-11(12(17)8-13(14)18)7-16(22)21-9-10(2)3/h6,8,10H,4-5,7,9H2,1-3H3,(H,19,20). The second-order valence-corrected chi connectivity index (χ2v) is 6.78. The molecule has 1 aromatic rings. The van der Waals surface area contributed by atoms with Gasteiger partial charge in [-0.15, -0.1) is 0 Å². The van der Waals surface area contributed by atoms with Gasteiger partial charge in [0.05, 0.1) is 12.3 Å². The highest BCUT2D eigenvalue weighted by Crippen LogP contribution is 2.26. The SMILES string of the molecule is CCCC(=O)Nc1cc(CC(=S)OCC(C)C)c(Br)cc1F. The number of benzene rings is 1. The van der Waals surface area contributed by atoms with Crippen LogP contribution in [-0.2, 0) is 16.0 Å². The molecule has 0 fully saturated rings. The average molecular weight is 390 g/mol. The molecule has 22 heavy (non-hydrogen) atoms. The van der Waals surface area contributed by atoms with Gasteiger partial charge in [0.1, 0.15) is 5.82 Å². The quantitative estimate of drug-likeness (QED) is 0.675. The molecule has 0 bridgehead atoms. The number of rotatable bonds is 7. The lowest BCUT2D eigenvalue weighted by atomic mass is 10.1. The van der Waals surface area contributed by atoms with E-state index in [0.717, 1.165) is 5.56 Å². The molecule has 0 atom stereocenters. The molecule has 6 heteroatoms. The molecule has 3 nitrogen and oxygen atoms in total. The molecule has 122 valence electrons. The molecule has 0 radical (unpaired) electrons. The van der Waals surface area contributed by atoms with Gasteiger partial charge in [-0.05, 0) is 42.3 Å². The van der Waals surface area contributed by atoms with Gasteiger partial charge in [-0.3, -0.25) is 4.79 Å². The van der Waals surface area contributed by atoms with Gasteiger partial charge in [0.15, 0.2) is 5.05 Å². The Morgan fingerprint density at radius 2 is 2.14 bits per heavy atom. The van der Waals surface area contributed by atoms with Gasteiger partial charge in [-0.2, -0.15) is 0 Å². The Bertz CT molecular complexity index is 549. The molecule has 0 saturated carbocycles. The van der Waals surface area contributed by atoms with Crippen molar-refractivity contribution in [1.29, 1.82) is 0 Å². The van der Waals surface area contributed by atoms with Gasteiger partial charge in [0, 0.05) is 17.3 Å².